The van der Waals surface area contributed by atoms with Crippen LogP contribution < -0.4 is 4.90 Å². The largest absolute Gasteiger partial charge is 0.354 e. The molecule has 118 valence electrons. The highest BCUT2D eigenvalue weighted by Crippen LogP contribution is 2.29. The zero-order chi connectivity index (χ0) is 15.9. The zero-order valence-electron chi connectivity index (χ0n) is 12.0. The predicted octanol–water partition coefficient (Wildman–Crippen LogP) is 2.73. The fourth-order valence-electron chi connectivity index (χ4n) is 2.57. The fraction of sp³-hybridized carbons (Fsp3) is 0.357. The minimum Gasteiger partial charge on any atom is -0.354 e. The van der Waals surface area contributed by atoms with Crippen LogP contribution in [0.4, 0.5) is 5.82 Å². The molecule has 2 heterocycles. The van der Waals surface area contributed by atoms with Crippen LogP contribution in [0.25, 0.3) is 10.9 Å². The number of sulfonamides is 1. The third-order valence-corrected chi connectivity index (χ3v) is 5.78. The van der Waals surface area contributed by atoms with Crippen LogP contribution in [-0.2, 0) is 10.0 Å². The number of aromatic nitrogens is 1. The molecule has 3 rings (SSSR count). The van der Waals surface area contributed by atoms with Gasteiger partial charge in [-0.05, 0) is 24.3 Å². The number of halogens is 2. The first-order valence-electron chi connectivity index (χ1n) is 6.80. The highest BCUT2D eigenvalue weighted by Gasteiger charge is 2.24. The van der Waals surface area contributed by atoms with Crippen molar-refractivity contribution in [1.82, 2.24) is 9.29 Å². The molecule has 1 aliphatic rings. The topological polar surface area (TPSA) is 53.5 Å². The Morgan fingerprint density at radius 2 is 1.86 bits per heavy atom. The molecular formula is C14H15BrClN3O2S. The Bertz CT molecular complexity index is 820. The SMILES string of the molecule is CS(=O)(=O)N1CCN(c2ccc3cc(Br)cc(Cl)c3n2)CC1. The monoisotopic (exact) mass is 403 g/mol. The van der Waals surface area contributed by atoms with Crippen molar-refractivity contribution in [3.05, 3.63) is 33.8 Å². The lowest BCUT2D eigenvalue weighted by Crippen LogP contribution is -2.48. The van der Waals surface area contributed by atoms with E-state index in [1.165, 1.54) is 10.6 Å². The summed E-state index contributed by atoms with van der Waals surface area (Å²) >= 11 is 9.68. The van der Waals surface area contributed by atoms with Gasteiger partial charge in [0.05, 0.1) is 16.8 Å². The molecule has 1 saturated heterocycles. The summed E-state index contributed by atoms with van der Waals surface area (Å²) in [7, 11) is -3.12. The molecule has 2 aromatic rings. The number of rotatable bonds is 2. The minimum absolute atomic E-state index is 0.479. The molecule has 0 N–H and O–H groups in total. The number of piperazine rings is 1. The second kappa shape index (κ2) is 5.96. The van der Waals surface area contributed by atoms with Gasteiger partial charge in [0.15, 0.2) is 0 Å². The third kappa shape index (κ3) is 3.22. The van der Waals surface area contributed by atoms with Gasteiger partial charge in [-0.3, -0.25) is 0 Å². The summed E-state index contributed by atoms with van der Waals surface area (Å²) in [6, 6.07) is 7.72. The predicted molar refractivity (Wildman–Crippen MR) is 93.1 cm³/mol. The molecule has 22 heavy (non-hydrogen) atoms. The van der Waals surface area contributed by atoms with E-state index in [4.69, 9.17) is 11.6 Å². The van der Waals surface area contributed by atoms with E-state index in [0.717, 1.165) is 21.2 Å². The molecule has 0 atom stereocenters. The van der Waals surface area contributed by atoms with Gasteiger partial charge in [-0.2, -0.15) is 4.31 Å². The van der Waals surface area contributed by atoms with Gasteiger partial charge in [0.1, 0.15) is 5.82 Å². The van der Waals surface area contributed by atoms with E-state index in [2.05, 4.69) is 25.8 Å². The number of fused-ring (bicyclic) bond motifs is 1. The molecule has 1 aromatic heterocycles. The Morgan fingerprint density at radius 1 is 1.18 bits per heavy atom. The van der Waals surface area contributed by atoms with E-state index < -0.39 is 10.0 Å². The number of hydrogen-bond donors (Lipinski definition) is 0. The van der Waals surface area contributed by atoms with Gasteiger partial charge >= 0.3 is 0 Å². The lowest BCUT2D eigenvalue weighted by atomic mass is 10.2. The van der Waals surface area contributed by atoms with Crippen LogP contribution in [0.1, 0.15) is 0 Å². The average molecular weight is 405 g/mol. The molecule has 1 fully saturated rings. The zero-order valence-corrected chi connectivity index (χ0v) is 15.1. The van der Waals surface area contributed by atoms with Crippen molar-refractivity contribution >= 4 is 54.3 Å². The molecule has 5 nitrogen and oxygen atoms in total. The second-order valence-electron chi connectivity index (χ2n) is 5.28. The summed E-state index contributed by atoms with van der Waals surface area (Å²) in [4.78, 5) is 6.71. The van der Waals surface area contributed by atoms with Crippen molar-refractivity contribution in [2.24, 2.45) is 0 Å². The molecule has 0 radical (unpaired) electrons. The van der Waals surface area contributed by atoms with Gasteiger partial charge in [0, 0.05) is 36.0 Å². The van der Waals surface area contributed by atoms with Crippen molar-refractivity contribution in [2.75, 3.05) is 37.3 Å². The molecule has 1 aliphatic heterocycles. The van der Waals surface area contributed by atoms with E-state index in [9.17, 15) is 8.42 Å². The molecule has 0 unspecified atom stereocenters. The van der Waals surface area contributed by atoms with Crippen molar-refractivity contribution in [1.29, 1.82) is 0 Å². The van der Waals surface area contributed by atoms with Gasteiger partial charge in [-0.15, -0.1) is 0 Å². The number of nitrogens with zero attached hydrogens (tertiary/aromatic N) is 3. The summed E-state index contributed by atoms with van der Waals surface area (Å²) in [5, 5.41) is 1.57. The van der Waals surface area contributed by atoms with Crippen LogP contribution >= 0.6 is 27.5 Å². The van der Waals surface area contributed by atoms with Crippen LogP contribution in [0, 0.1) is 0 Å². The van der Waals surface area contributed by atoms with E-state index in [-0.39, 0.29) is 0 Å². The fourth-order valence-corrected chi connectivity index (χ4v) is 4.27. The van der Waals surface area contributed by atoms with Gasteiger partial charge in [0.25, 0.3) is 0 Å². The maximum Gasteiger partial charge on any atom is 0.211 e. The average Bonchev–Trinajstić information content (AvgIpc) is 2.46. The number of hydrogen-bond acceptors (Lipinski definition) is 4. The first kappa shape index (κ1) is 16.0. The Hall–Kier alpha value is -0.890. The molecule has 1 aromatic carbocycles. The molecule has 0 amide bonds. The lowest BCUT2D eigenvalue weighted by molar-refractivity contribution is 0.387. The quantitative estimate of drug-likeness (QED) is 0.772. The van der Waals surface area contributed by atoms with Crippen LogP contribution in [0.15, 0.2) is 28.7 Å². The highest BCUT2D eigenvalue weighted by atomic mass is 79.9. The van der Waals surface area contributed by atoms with Crippen LogP contribution in [0.3, 0.4) is 0 Å². The van der Waals surface area contributed by atoms with E-state index in [1.54, 1.807) is 0 Å². The molecule has 0 saturated carbocycles. The van der Waals surface area contributed by atoms with E-state index in [1.807, 2.05) is 24.3 Å². The number of benzene rings is 1. The van der Waals surface area contributed by atoms with Crippen molar-refractivity contribution < 1.29 is 8.42 Å². The maximum absolute atomic E-state index is 11.6. The van der Waals surface area contributed by atoms with Crippen LogP contribution in [0.2, 0.25) is 5.02 Å². The number of anilines is 1. The molecular weight excluding hydrogens is 390 g/mol. The highest BCUT2D eigenvalue weighted by molar-refractivity contribution is 9.10. The molecule has 0 aliphatic carbocycles. The van der Waals surface area contributed by atoms with Crippen LogP contribution in [0.5, 0.6) is 0 Å². The second-order valence-corrected chi connectivity index (χ2v) is 8.58. The lowest BCUT2D eigenvalue weighted by Gasteiger charge is -2.34. The van der Waals surface area contributed by atoms with E-state index >= 15 is 0 Å². The van der Waals surface area contributed by atoms with Crippen molar-refractivity contribution in [3.63, 3.8) is 0 Å². The third-order valence-electron chi connectivity index (χ3n) is 3.73. The first-order valence-corrected chi connectivity index (χ1v) is 9.82. The van der Waals surface area contributed by atoms with Gasteiger partial charge in [-0.1, -0.05) is 27.5 Å². The van der Waals surface area contributed by atoms with E-state index in [0.29, 0.717) is 31.2 Å². The smallest absolute Gasteiger partial charge is 0.211 e. The summed E-state index contributed by atoms with van der Waals surface area (Å²) in [5.74, 6) is 0.824. The number of pyridine rings is 1. The standard InChI is InChI=1S/C14H15BrClN3O2S/c1-22(20,21)19-6-4-18(5-7-19)13-3-2-10-8-11(15)9-12(16)14(10)17-13/h2-3,8-9H,4-7H2,1H3. The molecule has 8 heteroatoms. The van der Waals surface area contributed by atoms with Gasteiger partial charge in [-0.25, -0.2) is 13.4 Å². The van der Waals surface area contributed by atoms with Crippen molar-refractivity contribution in [2.45, 2.75) is 0 Å². The summed E-state index contributed by atoms with van der Waals surface area (Å²) in [6.07, 6.45) is 1.24. The Morgan fingerprint density at radius 3 is 2.50 bits per heavy atom. The van der Waals surface area contributed by atoms with Crippen molar-refractivity contribution in [3.8, 4) is 0 Å². The Balaban J connectivity index is 1.86. The maximum atomic E-state index is 11.6. The summed E-state index contributed by atoms with van der Waals surface area (Å²) in [6.45, 7) is 2.21. The minimum atomic E-state index is -3.12. The summed E-state index contributed by atoms with van der Waals surface area (Å²) in [5.41, 5.74) is 0.757. The Kier molecular flexibility index (Phi) is 4.33. The van der Waals surface area contributed by atoms with Crippen LogP contribution in [-0.4, -0.2) is 50.1 Å². The molecule has 0 spiro atoms. The molecule has 0 bridgehead atoms. The normalized spacial score (nSPS) is 17.1. The van der Waals surface area contributed by atoms with Gasteiger partial charge in [0.2, 0.25) is 10.0 Å². The van der Waals surface area contributed by atoms with Gasteiger partial charge < -0.3 is 4.90 Å². The summed E-state index contributed by atoms with van der Waals surface area (Å²) < 4.78 is 25.5. The Labute approximate surface area is 143 Å². The first-order chi connectivity index (χ1) is 10.3.